The number of rotatable bonds is 2. The summed E-state index contributed by atoms with van der Waals surface area (Å²) in [5.74, 6) is 1.92. The molecule has 2 atom stereocenters. The Kier molecular flexibility index (Phi) is 3.20. The average molecular weight is 141 g/mol. The Bertz CT molecular complexity index is 88.7. The highest BCUT2D eigenvalue weighted by molar-refractivity contribution is 4.74. The minimum atomic E-state index is 0.911. The van der Waals surface area contributed by atoms with Crippen molar-refractivity contribution in [1.82, 2.24) is 5.32 Å². The molecule has 10 heavy (non-hydrogen) atoms. The normalized spacial score (nSPS) is 34.2. The van der Waals surface area contributed by atoms with Crippen molar-refractivity contribution in [2.24, 2.45) is 11.8 Å². The fourth-order valence-corrected chi connectivity index (χ4v) is 1.87. The molecule has 0 amide bonds. The number of piperidine rings is 1. The quantitative estimate of drug-likeness (QED) is 0.620. The third-order valence-corrected chi connectivity index (χ3v) is 2.62. The summed E-state index contributed by atoms with van der Waals surface area (Å²) in [5.41, 5.74) is 0. The van der Waals surface area contributed by atoms with Crippen LogP contribution in [0.25, 0.3) is 0 Å². The molecule has 0 radical (unpaired) electrons. The van der Waals surface area contributed by atoms with E-state index in [0.29, 0.717) is 0 Å². The second-order valence-electron chi connectivity index (χ2n) is 3.52. The van der Waals surface area contributed by atoms with Crippen molar-refractivity contribution in [3.8, 4) is 0 Å². The average Bonchev–Trinajstić information content (AvgIpc) is 1.94. The largest absolute Gasteiger partial charge is 0.316 e. The van der Waals surface area contributed by atoms with Crippen LogP contribution < -0.4 is 5.32 Å². The Labute approximate surface area is 64.2 Å². The molecule has 1 rings (SSSR count). The lowest BCUT2D eigenvalue weighted by Crippen LogP contribution is -2.34. The molecule has 1 saturated heterocycles. The van der Waals surface area contributed by atoms with E-state index in [-0.39, 0.29) is 0 Å². The monoisotopic (exact) mass is 141 g/mol. The van der Waals surface area contributed by atoms with E-state index < -0.39 is 0 Å². The van der Waals surface area contributed by atoms with E-state index in [1.165, 1.54) is 32.4 Å². The molecule has 0 aliphatic carbocycles. The molecular formula is C9H19N. The van der Waals surface area contributed by atoms with E-state index in [1.807, 2.05) is 0 Å². The van der Waals surface area contributed by atoms with Crippen molar-refractivity contribution in [3.05, 3.63) is 0 Å². The summed E-state index contributed by atoms with van der Waals surface area (Å²) in [7, 11) is 0. The summed E-state index contributed by atoms with van der Waals surface area (Å²) in [4.78, 5) is 0. The Morgan fingerprint density at radius 3 is 2.90 bits per heavy atom. The van der Waals surface area contributed by atoms with Crippen LogP contribution in [-0.2, 0) is 0 Å². The molecule has 1 aliphatic heterocycles. The van der Waals surface area contributed by atoms with Gasteiger partial charge in [-0.1, -0.05) is 26.7 Å². The van der Waals surface area contributed by atoms with E-state index in [4.69, 9.17) is 0 Å². The van der Waals surface area contributed by atoms with Crippen molar-refractivity contribution in [2.45, 2.75) is 33.1 Å². The molecule has 0 bridgehead atoms. The standard InChI is InChI=1S/C9H19N/c1-3-4-9-5-6-10-7-8(9)2/h8-10H,3-7H2,1-2H3/t8?,9-/m0/s1. The van der Waals surface area contributed by atoms with Crippen LogP contribution in [0.4, 0.5) is 0 Å². The summed E-state index contributed by atoms with van der Waals surface area (Å²) in [6.45, 7) is 7.14. The zero-order valence-electron chi connectivity index (χ0n) is 7.19. The van der Waals surface area contributed by atoms with Gasteiger partial charge in [-0.3, -0.25) is 0 Å². The van der Waals surface area contributed by atoms with Crippen molar-refractivity contribution in [3.63, 3.8) is 0 Å². The fraction of sp³-hybridized carbons (Fsp3) is 1.00. The van der Waals surface area contributed by atoms with Crippen LogP contribution in [0.5, 0.6) is 0 Å². The van der Waals surface area contributed by atoms with Gasteiger partial charge in [-0.05, 0) is 31.3 Å². The maximum atomic E-state index is 3.42. The van der Waals surface area contributed by atoms with Gasteiger partial charge in [0.25, 0.3) is 0 Å². The van der Waals surface area contributed by atoms with Gasteiger partial charge in [-0.15, -0.1) is 0 Å². The summed E-state index contributed by atoms with van der Waals surface area (Å²) >= 11 is 0. The molecule has 1 aliphatic rings. The first-order valence-electron chi connectivity index (χ1n) is 4.55. The highest BCUT2D eigenvalue weighted by Gasteiger charge is 2.19. The van der Waals surface area contributed by atoms with Gasteiger partial charge < -0.3 is 5.32 Å². The predicted molar refractivity (Wildman–Crippen MR) is 45.0 cm³/mol. The molecular weight excluding hydrogens is 122 g/mol. The van der Waals surface area contributed by atoms with Gasteiger partial charge in [-0.25, -0.2) is 0 Å². The van der Waals surface area contributed by atoms with Gasteiger partial charge in [0, 0.05) is 0 Å². The van der Waals surface area contributed by atoms with Crippen LogP contribution in [0.3, 0.4) is 0 Å². The number of nitrogens with one attached hydrogen (secondary N) is 1. The molecule has 0 aromatic carbocycles. The topological polar surface area (TPSA) is 12.0 Å². The Morgan fingerprint density at radius 2 is 2.30 bits per heavy atom. The Morgan fingerprint density at radius 1 is 1.50 bits per heavy atom. The molecule has 0 aromatic heterocycles. The van der Waals surface area contributed by atoms with Crippen LogP contribution in [0.2, 0.25) is 0 Å². The van der Waals surface area contributed by atoms with Crippen LogP contribution in [-0.4, -0.2) is 13.1 Å². The number of hydrogen-bond acceptors (Lipinski definition) is 1. The maximum Gasteiger partial charge on any atom is -0.00205 e. The molecule has 1 N–H and O–H groups in total. The molecule has 1 nitrogen and oxygen atoms in total. The van der Waals surface area contributed by atoms with E-state index >= 15 is 0 Å². The third kappa shape index (κ3) is 1.98. The van der Waals surface area contributed by atoms with E-state index in [1.54, 1.807) is 0 Å². The first-order chi connectivity index (χ1) is 4.84. The second kappa shape index (κ2) is 3.97. The summed E-state index contributed by atoms with van der Waals surface area (Å²) in [6, 6.07) is 0. The fourth-order valence-electron chi connectivity index (χ4n) is 1.87. The van der Waals surface area contributed by atoms with Crippen molar-refractivity contribution in [2.75, 3.05) is 13.1 Å². The van der Waals surface area contributed by atoms with Crippen LogP contribution in [0.1, 0.15) is 33.1 Å². The smallest absolute Gasteiger partial charge is 0.00205 e. The zero-order valence-corrected chi connectivity index (χ0v) is 7.19. The molecule has 1 fully saturated rings. The van der Waals surface area contributed by atoms with Crippen LogP contribution >= 0.6 is 0 Å². The molecule has 60 valence electrons. The molecule has 0 spiro atoms. The lowest BCUT2D eigenvalue weighted by atomic mass is 9.85. The minimum Gasteiger partial charge on any atom is -0.316 e. The first-order valence-corrected chi connectivity index (χ1v) is 4.55. The van der Waals surface area contributed by atoms with Gasteiger partial charge >= 0.3 is 0 Å². The van der Waals surface area contributed by atoms with E-state index in [0.717, 1.165) is 11.8 Å². The molecule has 1 heteroatoms. The summed E-state index contributed by atoms with van der Waals surface area (Å²) in [6.07, 6.45) is 4.19. The SMILES string of the molecule is CCC[C@H]1CCNCC1C. The summed E-state index contributed by atoms with van der Waals surface area (Å²) < 4.78 is 0. The van der Waals surface area contributed by atoms with Crippen molar-refractivity contribution < 1.29 is 0 Å². The number of hydrogen-bond donors (Lipinski definition) is 1. The molecule has 1 heterocycles. The maximum absolute atomic E-state index is 3.42. The van der Waals surface area contributed by atoms with Crippen molar-refractivity contribution in [1.29, 1.82) is 0 Å². The van der Waals surface area contributed by atoms with Crippen molar-refractivity contribution >= 4 is 0 Å². The highest BCUT2D eigenvalue weighted by atomic mass is 14.9. The Balaban J connectivity index is 2.25. The van der Waals surface area contributed by atoms with E-state index in [2.05, 4.69) is 19.2 Å². The van der Waals surface area contributed by atoms with E-state index in [9.17, 15) is 0 Å². The van der Waals surface area contributed by atoms with Crippen LogP contribution in [0, 0.1) is 11.8 Å². The molecule has 0 saturated carbocycles. The van der Waals surface area contributed by atoms with Gasteiger partial charge in [0.1, 0.15) is 0 Å². The lowest BCUT2D eigenvalue weighted by molar-refractivity contribution is 0.257. The summed E-state index contributed by atoms with van der Waals surface area (Å²) in [5, 5.41) is 3.42. The van der Waals surface area contributed by atoms with Crippen LogP contribution in [0.15, 0.2) is 0 Å². The zero-order chi connectivity index (χ0) is 7.40. The molecule has 0 aromatic rings. The third-order valence-electron chi connectivity index (χ3n) is 2.62. The Hall–Kier alpha value is -0.0400. The minimum absolute atomic E-state index is 0.911. The van der Waals surface area contributed by atoms with Gasteiger partial charge in [0.2, 0.25) is 0 Å². The molecule has 1 unspecified atom stereocenters. The van der Waals surface area contributed by atoms with Gasteiger partial charge in [0.15, 0.2) is 0 Å². The second-order valence-corrected chi connectivity index (χ2v) is 3.52. The van der Waals surface area contributed by atoms with Gasteiger partial charge in [0.05, 0.1) is 0 Å². The highest BCUT2D eigenvalue weighted by Crippen LogP contribution is 2.22. The first kappa shape index (κ1) is 8.06. The lowest BCUT2D eigenvalue weighted by Gasteiger charge is -2.29. The van der Waals surface area contributed by atoms with Gasteiger partial charge in [-0.2, -0.15) is 0 Å². The predicted octanol–water partition coefficient (Wildman–Crippen LogP) is 2.03.